The molecule has 1 aliphatic heterocycles. The molecule has 1 heterocycles. The number of imide groups is 1. The third-order valence-electron chi connectivity index (χ3n) is 2.95. The molecule has 1 atom stereocenters. The lowest BCUT2D eigenvalue weighted by Gasteiger charge is -2.22. The van der Waals surface area contributed by atoms with E-state index in [4.69, 9.17) is 16.3 Å². The maximum Gasteiger partial charge on any atom is 0.255 e. The number of nitrogens with one attached hydrogen (secondary N) is 2. The molecule has 2 rings (SSSR count). The topological polar surface area (TPSA) is 84.5 Å². The van der Waals surface area contributed by atoms with E-state index in [1.165, 1.54) is 13.2 Å². The van der Waals surface area contributed by atoms with Gasteiger partial charge in [-0.05, 0) is 24.6 Å². The molecule has 0 bridgehead atoms. The van der Waals surface area contributed by atoms with Crippen LogP contribution in [0.25, 0.3) is 0 Å². The number of rotatable bonds is 3. The molecule has 1 aromatic rings. The number of amides is 3. The summed E-state index contributed by atoms with van der Waals surface area (Å²) in [6.45, 7) is 0. The molecule has 3 amide bonds. The summed E-state index contributed by atoms with van der Waals surface area (Å²) in [6.07, 6.45) is 0.475. The molecule has 1 aliphatic rings. The van der Waals surface area contributed by atoms with Crippen molar-refractivity contribution < 1.29 is 19.1 Å². The van der Waals surface area contributed by atoms with Gasteiger partial charge in [0, 0.05) is 11.4 Å². The summed E-state index contributed by atoms with van der Waals surface area (Å²) in [5.74, 6) is -0.950. The van der Waals surface area contributed by atoms with Crippen molar-refractivity contribution in [3.8, 4) is 5.75 Å². The zero-order valence-corrected chi connectivity index (χ0v) is 11.5. The first kappa shape index (κ1) is 14.3. The summed E-state index contributed by atoms with van der Waals surface area (Å²) in [7, 11) is 1.44. The predicted octanol–water partition coefficient (Wildman–Crippen LogP) is 0.884. The van der Waals surface area contributed by atoms with Crippen molar-refractivity contribution in [3.63, 3.8) is 0 Å². The second-order valence-electron chi connectivity index (χ2n) is 4.32. The highest BCUT2D eigenvalue weighted by molar-refractivity contribution is 6.31. The number of halogens is 1. The Kier molecular flexibility index (Phi) is 4.24. The fourth-order valence-corrected chi connectivity index (χ4v) is 2.10. The Morgan fingerprint density at radius 1 is 1.45 bits per heavy atom. The van der Waals surface area contributed by atoms with E-state index in [0.717, 1.165) is 0 Å². The van der Waals surface area contributed by atoms with Gasteiger partial charge in [-0.2, -0.15) is 0 Å². The Morgan fingerprint density at radius 2 is 2.20 bits per heavy atom. The largest absolute Gasteiger partial charge is 0.496 e. The van der Waals surface area contributed by atoms with E-state index >= 15 is 0 Å². The number of ether oxygens (including phenoxy) is 1. The first-order valence-electron chi connectivity index (χ1n) is 5.99. The van der Waals surface area contributed by atoms with Gasteiger partial charge in [-0.15, -0.1) is 0 Å². The van der Waals surface area contributed by atoms with Crippen molar-refractivity contribution in [2.24, 2.45) is 0 Å². The Balaban J connectivity index is 2.14. The molecule has 2 N–H and O–H groups in total. The standard InChI is InChI=1S/C13H13ClN2O4/c1-20-10-4-2-7(14)6-8(10)12(18)15-9-3-5-11(17)16-13(9)19/h2,4,6,9H,3,5H2,1H3,(H,15,18)(H,16,17,19). The van der Waals surface area contributed by atoms with Crippen molar-refractivity contribution in [1.82, 2.24) is 10.6 Å². The van der Waals surface area contributed by atoms with Gasteiger partial charge < -0.3 is 10.1 Å². The summed E-state index contributed by atoms with van der Waals surface area (Å²) >= 11 is 5.85. The minimum Gasteiger partial charge on any atom is -0.496 e. The highest BCUT2D eigenvalue weighted by Gasteiger charge is 2.28. The lowest BCUT2D eigenvalue weighted by Crippen LogP contribution is -2.52. The van der Waals surface area contributed by atoms with Crippen molar-refractivity contribution >= 4 is 29.3 Å². The number of methoxy groups -OCH3 is 1. The zero-order valence-electron chi connectivity index (χ0n) is 10.7. The molecule has 7 heteroatoms. The van der Waals surface area contributed by atoms with Gasteiger partial charge in [0.15, 0.2) is 0 Å². The first-order chi connectivity index (χ1) is 9.51. The quantitative estimate of drug-likeness (QED) is 0.811. The fourth-order valence-electron chi connectivity index (χ4n) is 1.92. The number of carbonyl (C=O) groups is 3. The zero-order chi connectivity index (χ0) is 14.7. The fraction of sp³-hybridized carbons (Fsp3) is 0.308. The van der Waals surface area contributed by atoms with Gasteiger partial charge in [-0.3, -0.25) is 19.7 Å². The molecular formula is C13H13ClN2O4. The van der Waals surface area contributed by atoms with E-state index in [-0.39, 0.29) is 24.3 Å². The van der Waals surface area contributed by atoms with E-state index in [2.05, 4.69) is 10.6 Å². The van der Waals surface area contributed by atoms with E-state index in [1.807, 2.05) is 0 Å². The van der Waals surface area contributed by atoms with Crippen LogP contribution in [0.15, 0.2) is 18.2 Å². The van der Waals surface area contributed by atoms with Crippen LogP contribution < -0.4 is 15.4 Å². The maximum atomic E-state index is 12.2. The molecule has 0 aromatic heterocycles. The smallest absolute Gasteiger partial charge is 0.255 e. The third-order valence-corrected chi connectivity index (χ3v) is 3.19. The molecule has 1 aromatic carbocycles. The van der Waals surface area contributed by atoms with Gasteiger partial charge in [0.05, 0.1) is 12.7 Å². The van der Waals surface area contributed by atoms with Crippen LogP contribution in [0.4, 0.5) is 0 Å². The lowest BCUT2D eigenvalue weighted by molar-refractivity contribution is -0.134. The maximum absolute atomic E-state index is 12.2. The SMILES string of the molecule is COc1ccc(Cl)cc1C(=O)NC1CCC(=O)NC1=O. The van der Waals surface area contributed by atoms with E-state index in [0.29, 0.717) is 10.8 Å². The summed E-state index contributed by atoms with van der Waals surface area (Å²) in [5.41, 5.74) is 0.240. The number of benzene rings is 1. The van der Waals surface area contributed by atoms with Crippen LogP contribution in [0, 0.1) is 0 Å². The van der Waals surface area contributed by atoms with Crippen molar-refractivity contribution in [3.05, 3.63) is 28.8 Å². The molecule has 0 radical (unpaired) electrons. The lowest BCUT2D eigenvalue weighted by atomic mass is 10.1. The molecule has 20 heavy (non-hydrogen) atoms. The molecule has 0 aliphatic carbocycles. The number of hydrogen-bond donors (Lipinski definition) is 2. The van der Waals surface area contributed by atoms with Crippen molar-refractivity contribution in [2.75, 3.05) is 7.11 Å². The van der Waals surface area contributed by atoms with E-state index in [1.54, 1.807) is 12.1 Å². The van der Waals surface area contributed by atoms with Gasteiger partial charge in [0.25, 0.3) is 5.91 Å². The van der Waals surface area contributed by atoms with Gasteiger partial charge >= 0.3 is 0 Å². The Bertz CT molecular complexity index is 573. The molecule has 1 saturated heterocycles. The average Bonchev–Trinajstić information content (AvgIpc) is 2.41. The van der Waals surface area contributed by atoms with Gasteiger partial charge in [0.1, 0.15) is 11.8 Å². The summed E-state index contributed by atoms with van der Waals surface area (Å²) in [4.78, 5) is 34.8. The van der Waals surface area contributed by atoms with Crippen LogP contribution in [-0.4, -0.2) is 30.9 Å². The van der Waals surface area contributed by atoms with Crippen LogP contribution in [-0.2, 0) is 9.59 Å². The van der Waals surface area contributed by atoms with Gasteiger partial charge in [-0.1, -0.05) is 11.6 Å². The molecule has 1 fully saturated rings. The molecular weight excluding hydrogens is 284 g/mol. The second kappa shape index (κ2) is 5.92. The first-order valence-corrected chi connectivity index (χ1v) is 6.37. The van der Waals surface area contributed by atoms with E-state index in [9.17, 15) is 14.4 Å². The summed E-state index contributed by atoms with van der Waals surface area (Å²) in [5, 5.41) is 5.13. The number of piperidine rings is 1. The van der Waals surface area contributed by atoms with Crippen LogP contribution in [0.2, 0.25) is 5.02 Å². The minimum absolute atomic E-state index is 0.198. The van der Waals surface area contributed by atoms with Gasteiger partial charge in [0.2, 0.25) is 11.8 Å². The highest BCUT2D eigenvalue weighted by atomic mass is 35.5. The van der Waals surface area contributed by atoms with Crippen LogP contribution >= 0.6 is 11.6 Å². The van der Waals surface area contributed by atoms with Crippen LogP contribution in [0.5, 0.6) is 5.75 Å². The predicted molar refractivity (Wildman–Crippen MR) is 71.6 cm³/mol. The number of carbonyl (C=O) groups excluding carboxylic acids is 3. The third kappa shape index (κ3) is 3.08. The average molecular weight is 297 g/mol. The molecule has 106 valence electrons. The monoisotopic (exact) mass is 296 g/mol. The molecule has 6 nitrogen and oxygen atoms in total. The molecule has 0 saturated carbocycles. The van der Waals surface area contributed by atoms with Crippen molar-refractivity contribution in [2.45, 2.75) is 18.9 Å². The highest BCUT2D eigenvalue weighted by Crippen LogP contribution is 2.22. The number of hydrogen-bond acceptors (Lipinski definition) is 4. The molecule has 1 unspecified atom stereocenters. The Labute approximate surface area is 120 Å². The van der Waals surface area contributed by atoms with Crippen LogP contribution in [0.3, 0.4) is 0 Å². The Morgan fingerprint density at radius 3 is 2.85 bits per heavy atom. The van der Waals surface area contributed by atoms with Gasteiger partial charge in [-0.25, -0.2) is 0 Å². The van der Waals surface area contributed by atoms with Crippen molar-refractivity contribution in [1.29, 1.82) is 0 Å². The van der Waals surface area contributed by atoms with Crippen LogP contribution in [0.1, 0.15) is 23.2 Å². The minimum atomic E-state index is -0.733. The second-order valence-corrected chi connectivity index (χ2v) is 4.76. The Hall–Kier alpha value is -2.08. The normalized spacial score (nSPS) is 18.4. The van der Waals surface area contributed by atoms with E-state index < -0.39 is 17.9 Å². The summed E-state index contributed by atoms with van der Waals surface area (Å²) in [6, 6.07) is 3.90. The summed E-state index contributed by atoms with van der Waals surface area (Å²) < 4.78 is 5.08. The molecule has 0 spiro atoms.